The first kappa shape index (κ1) is 9.12. The Hall–Kier alpha value is -1.97. The zero-order chi connectivity index (χ0) is 9.52. The summed E-state index contributed by atoms with van der Waals surface area (Å²) < 4.78 is 0. The van der Waals surface area contributed by atoms with Gasteiger partial charge in [-0.05, 0) is 18.2 Å². The molecule has 0 saturated heterocycles. The molecule has 1 aromatic heterocycles. The van der Waals surface area contributed by atoms with Crippen molar-refractivity contribution in [1.82, 2.24) is 10.2 Å². The van der Waals surface area contributed by atoms with Crippen LogP contribution in [0.1, 0.15) is 0 Å². The van der Waals surface area contributed by atoms with Crippen LogP contribution in [0, 0.1) is 0 Å². The highest BCUT2D eigenvalue weighted by atomic mass is 15.1. The molecule has 68 valence electrons. The smallest absolute Gasteiger partial charge is 0.0547 e. The van der Waals surface area contributed by atoms with E-state index in [9.17, 15) is 0 Å². The fourth-order valence-corrected chi connectivity index (χ4v) is 0.726. The highest BCUT2D eigenvalue weighted by Crippen LogP contribution is 2.10. The standard InChI is InChI=1S/C6H8N2.C3H4N2/c7-5-3-1-2-4-6(5)8;1-2-4-5-3-1/h1-4H,7-8H2;1-3H,(H,4,5). The first-order chi connectivity index (χ1) is 6.30. The van der Waals surface area contributed by atoms with Gasteiger partial charge >= 0.3 is 0 Å². The van der Waals surface area contributed by atoms with Gasteiger partial charge in [-0.15, -0.1) is 0 Å². The molecule has 4 nitrogen and oxygen atoms in total. The maximum Gasteiger partial charge on any atom is 0.0547 e. The number of H-pyrrole nitrogens is 1. The van der Waals surface area contributed by atoms with Crippen LogP contribution >= 0.6 is 0 Å². The van der Waals surface area contributed by atoms with E-state index in [1.165, 1.54) is 0 Å². The van der Waals surface area contributed by atoms with Gasteiger partial charge in [0.05, 0.1) is 11.4 Å². The molecule has 5 N–H and O–H groups in total. The van der Waals surface area contributed by atoms with Crippen LogP contribution in [-0.4, -0.2) is 10.2 Å². The van der Waals surface area contributed by atoms with Crippen molar-refractivity contribution in [2.24, 2.45) is 0 Å². The van der Waals surface area contributed by atoms with E-state index in [1.54, 1.807) is 24.5 Å². The van der Waals surface area contributed by atoms with Crippen LogP contribution in [0.25, 0.3) is 0 Å². The van der Waals surface area contributed by atoms with E-state index in [4.69, 9.17) is 11.5 Å². The Kier molecular flexibility index (Phi) is 3.38. The molecule has 0 aliphatic carbocycles. The van der Waals surface area contributed by atoms with Crippen LogP contribution in [0.3, 0.4) is 0 Å². The summed E-state index contributed by atoms with van der Waals surface area (Å²) >= 11 is 0. The number of para-hydroxylation sites is 2. The summed E-state index contributed by atoms with van der Waals surface area (Å²) in [6.45, 7) is 0. The summed E-state index contributed by atoms with van der Waals surface area (Å²) in [6, 6.07) is 9.09. The quantitative estimate of drug-likeness (QED) is 0.528. The second-order valence-corrected chi connectivity index (χ2v) is 2.40. The molecular formula is C9H12N4. The molecule has 1 heterocycles. The third-order valence-electron chi connectivity index (χ3n) is 1.40. The molecule has 0 bridgehead atoms. The number of nitrogens with one attached hydrogen (secondary N) is 1. The van der Waals surface area contributed by atoms with E-state index in [1.807, 2.05) is 18.2 Å². The topological polar surface area (TPSA) is 80.7 Å². The van der Waals surface area contributed by atoms with Crippen LogP contribution in [0.4, 0.5) is 11.4 Å². The SMILES string of the molecule is Nc1ccccc1N.c1cn[nH]c1. The summed E-state index contributed by atoms with van der Waals surface area (Å²) in [6.07, 6.45) is 3.46. The van der Waals surface area contributed by atoms with Crippen molar-refractivity contribution in [3.8, 4) is 0 Å². The van der Waals surface area contributed by atoms with Crippen molar-refractivity contribution in [3.63, 3.8) is 0 Å². The first-order valence-electron chi connectivity index (χ1n) is 3.84. The lowest BCUT2D eigenvalue weighted by Gasteiger charge is -1.94. The summed E-state index contributed by atoms with van der Waals surface area (Å²) in [7, 11) is 0. The predicted molar refractivity (Wildman–Crippen MR) is 53.9 cm³/mol. The molecule has 2 rings (SSSR count). The van der Waals surface area contributed by atoms with Gasteiger partial charge in [0, 0.05) is 12.4 Å². The molecule has 0 unspecified atom stereocenters. The van der Waals surface area contributed by atoms with E-state index in [-0.39, 0.29) is 0 Å². The molecular weight excluding hydrogens is 164 g/mol. The Morgan fingerprint density at radius 1 is 1.00 bits per heavy atom. The minimum absolute atomic E-state index is 0.646. The second kappa shape index (κ2) is 4.82. The van der Waals surface area contributed by atoms with Gasteiger partial charge in [0.25, 0.3) is 0 Å². The van der Waals surface area contributed by atoms with Crippen molar-refractivity contribution in [2.45, 2.75) is 0 Å². The van der Waals surface area contributed by atoms with Gasteiger partial charge in [-0.3, -0.25) is 5.10 Å². The summed E-state index contributed by atoms with van der Waals surface area (Å²) in [5.74, 6) is 0. The van der Waals surface area contributed by atoms with E-state index < -0.39 is 0 Å². The Morgan fingerprint density at radius 2 is 1.62 bits per heavy atom. The molecule has 0 amide bonds. The third-order valence-corrected chi connectivity index (χ3v) is 1.40. The fraction of sp³-hybridized carbons (Fsp3) is 0. The van der Waals surface area contributed by atoms with Crippen LogP contribution in [0.2, 0.25) is 0 Å². The molecule has 13 heavy (non-hydrogen) atoms. The lowest BCUT2D eigenvalue weighted by Crippen LogP contribution is -1.91. The predicted octanol–water partition coefficient (Wildman–Crippen LogP) is 1.26. The maximum atomic E-state index is 5.39. The van der Waals surface area contributed by atoms with E-state index in [2.05, 4.69) is 10.2 Å². The summed E-state index contributed by atoms with van der Waals surface area (Å²) in [5, 5.41) is 6.21. The van der Waals surface area contributed by atoms with Crippen molar-refractivity contribution in [3.05, 3.63) is 42.7 Å². The average molecular weight is 176 g/mol. The van der Waals surface area contributed by atoms with E-state index in [0.29, 0.717) is 11.4 Å². The monoisotopic (exact) mass is 176 g/mol. The molecule has 0 saturated carbocycles. The van der Waals surface area contributed by atoms with Crippen molar-refractivity contribution in [2.75, 3.05) is 11.5 Å². The van der Waals surface area contributed by atoms with Gasteiger partial charge in [0.1, 0.15) is 0 Å². The largest absolute Gasteiger partial charge is 0.397 e. The second-order valence-electron chi connectivity index (χ2n) is 2.40. The number of aromatic amines is 1. The van der Waals surface area contributed by atoms with Gasteiger partial charge < -0.3 is 11.5 Å². The molecule has 2 aromatic rings. The van der Waals surface area contributed by atoms with Gasteiger partial charge in [0.15, 0.2) is 0 Å². The number of rotatable bonds is 0. The lowest BCUT2D eigenvalue weighted by atomic mass is 10.3. The number of aromatic nitrogens is 2. The number of hydrogen-bond donors (Lipinski definition) is 3. The Balaban J connectivity index is 0.000000145. The number of benzene rings is 1. The molecule has 4 heteroatoms. The van der Waals surface area contributed by atoms with Gasteiger partial charge in [-0.25, -0.2) is 0 Å². The van der Waals surface area contributed by atoms with Crippen LogP contribution < -0.4 is 11.5 Å². The van der Waals surface area contributed by atoms with Gasteiger partial charge in [-0.1, -0.05) is 12.1 Å². The Bertz CT molecular complexity index is 291. The first-order valence-corrected chi connectivity index (χ1v) is 3.84. The molecule has 0 fully saturated rings. The fourth-order valence-electron chi connectivity index (χ4n) is 0.726. The normalized spacial score (nSPS) is 8.62. The van der Waals surface area contributed by atoms with Crippen molar-refractivity contribution < 1.29 is 0 Å². The summed E-state index contributed by atoms with van der Waals surface area (Å²) in [5.41, 5.74) is 12.1. The van der Waals surface area contributed by atoms with Crippen LogP contribution in [0.15, 0.2) is 42.7 Å². The molecule has 0 aliphatic heterocycles. The number of hydrogen-bond acceptors (Lipinski definition) is 3. The number of nitrogens with two attached hydrogens (primary N) is 2. The highest BCUT2D eigenvalue weighted by molar-refractivity contribution is 5.62. The number of nitrogens with zero attached hydrogens (tertiary/aromatic N) is 1. The van der Waals surface area contributed by atoms with Gasteiger partial charge in [-0.2, -0.15) is 5.10 Å². The number of nitrogen functional groups attached to an aromatic ring is 2. The third kappa shape index (κ3) is 3.29. The van der Waals surface area contributed by atoms with Crippen LogP contribution in [-0.2, 0) is 0 Å². The Morgan fingerprint density at radius 3 is 1.85 bits per heavy atom. The zero-order valence-electron chi connectivity index (χ0n) is 7.14. The maximum absolute atomic E-state index is 5.39. The molecule has 1 aromatic carbocycles. The highest BCUT2D eigenvalue weighted by Gasteiger charge is 1.85. The van der Waals surface area contributed by atoms with E-state index >= 15 is 0 Å². The molecule has 0 radical (unpaired) electrons. The molecule has 0 atom stereocenters. The minimum Gasteiger partial charge on any atom is -0.397 e. The summed E-state index contributed by atoms with van der Waals surface area (Å²) in [4.78, 5) is 0. The van der Waals surface area contributed by atoms with Crippen molar-refractivity contribution in [1.29, 1.82) is 0 Å². The van der Waals surface area contributed by atoms with E-state index in [0.717, 1.165) is 0 Å². The average Bonchev–Trinajstić information content (AvgIpc) is 2.68. The Labute approximate surface area is 76.6 Å². The van der Waals surface area contributed by atoms with Crippen molar-refractivity contribution >= 4 is 11.4 Å². The zero-order valence-corrected chi connectivity index (χ0v) is 7.14. The van der Waals surface area contributed by atoms with Crippen LogP contribution in [0.5, 0.6) is 0 Å². The molecule has 0 aliphatic rings. The minimum atomic E-state index is 0.646. The molecule has 0 spiro atoms. The lowest BCUT2D eigenvalue weighted by molar-refractivity contribution is 1.09. The van der Waals surface area contributed by atoms with Gasteiger partial charge in [0.2, 0.25) is 0 Å². The number of anilines is 2.